The number of aromatic nitrogens is 3. The Labute approximate surface area is 130 Å². The molecular weight excluding hydrogens is 284 g/mol. The van der Waals surface area contributed by atoms with E-state index in [0.717, 1.165) is 18.5 Å². The molecule has 0 atom stereocenters. The van der Waals surface area contributed by atoms with Crippen molar-refractivity contribution in [1.29, 1.82) is 0 Å². The molecule has 0 amide bonds. The van der Waals surface area contributed by atoms with Crippen LogP contribution in [0.3, 0.4) is 0 Å². The van der Waals surface area contributed by atoms with E-state index in [1.807, 2.05) is 12.1 Å². The first-order valence-corrected chi connectivity index (χ1v) is 7.89. The standard InChI is InChI=1S/C16H23ClN4/c1-15(2)7-12(8-16(3,4)10-15)18-14-19-13-6-5-11(17)9-21(13)20-14/h5-6,9,12H,7-8,10H2,1-4H3,(H,18,20). The molecule has 1 saturated carbocycles. The number of halogens is 1. The number of nitrogens with one attached hydrogen (secondary N) is 1. The van der Waals surface area contributed by atoms with E-state index in [9.17, 15) is 0 Å². The summed E-state index contributed by atoms with van der Waals surface area (Å²) in [5.74, 6) is 0.691. The summed E-state index contributed by atoms with van der Waals surface area (Å²) in [6.07, 6.45) is 5.33. The zero-order chi connectivity index (χ0) is 15.3. The average molecular weight is 307 g/mol. The maximum Gasteiger partial charge on any atom is 0.243 e. The molecule has 4 nitrogen and oxygen atoms in total. The zero-order valence-electron chi connectivity index (χ0n) is 13.2. The van der Waals surface area contributed by atoms with Crippen LogP contribution in [-0.2, 0) is 0 Å². The van der Waals surface area contributed by atoms with Gasteiger partial charge in [0.25, 0.3) is 0 Å². The molecule has 5 heteroatoms. The van der Waals surface area contributed by atoms with Crippen molar-refractivity contribution in [2.24, 2.45) is 10.8 Å². The van der Waals surface area contributed by atoms with Gasteiger partial charge in [-0.1, -0.05) is 39.3 Å². The maximum atomic E-state index is 5.99. The summed E-state index contributed by atoms with van der Waals surface area (Å²) < 4.78 is 1.73. The molecule has 3 rings (SSSR count). The lowest BCUT2D eigenvalue weighted by atomic mass is 9.63. The van der Waals surface area contributed by atoms with Crippen molar-refractivity contribution >= 4 is 23.2 Å². The van der Waals surface area contributed by atoms with Gasteiger partial charge >= 0.3 is 0 Å². The van der Waals surface area contributed by atoms with Crippen molar-refractivity contribution in [3.63, 3.8) is 0 Å². The fourth-order valence-corrected chi connectivity index (χ4v) is 4.21. The van der Waals surface area contributed by atoms with Crippen LogP contribution in [0.25, 0.3) is 5.65 Å². The minimum absolute atomic E-state index is 0.349. The Morgan fingerprint density at radius 3 is 2.52 bits per heavy atom. The molecule has 0 aliphatic heterocycles. The smallest absolute Gasteiger partial charge is 0.243 e. The Hall–Kier alpha value is -1.29. The van der Waals surface area contributed by atoms with E-state index in [-0.39, 0.29) is 0 Å². The molecule has 114 valence electrons. The second kappa shape index (κ2) is 4.87. The summed E-state index contributed by atoms with van der Waals surface area (Å²) in [5, 5.41) is 8.65. The lowest BCUT2D eigenvalue weighted by Crippen LogP contribution is -2.40. The molecule has 0 spiro atoms. The third-order valence-corrected chi connectivity index (χ3v) is 4.41. The van der Waals surface area contributed by atoms with Gasteiger partial charge in [0, 0.05) is 12.2 Å². The number of pyridine rings is 1. The fraction of sp³-hybridized carbons (Fsp3) is 0.625. The van der Waals surface area contributed by atoms with Crippen molar-refractivity contribution in [2.75, 3.05) is 5.32 Å². The lowest BCUT2D eigenvalue weighted by molar-refractivity contribution is 0.105. The van der Waals surface area contributed by atoms with Gasteiger partial charge in [0.2, 0.25) is 5.95 Å². The average Bonchev–Trinajstić information content (AvgIpc) is 2.65. The number of fused-ring (bicyclic) bond motifs is 1. The lowest BCUT2D eigenvalue weighted by Gasteiger charge is -2.45. The van der Waals surface area contributed by atoms with Crippen LogP contribution in [0.1, 0.15) is 47.0 Å². The molecule has 0 saturated heterocycles. The summed E-state index contributed by atoms with van der Waals surface area (Å²) in [4.78, 5) is 4.53. The third-order valence-electron chi connectivity index (χ3n) is 4.18. The largest absolute Gasteiger partial charge is 0.350 e. The van der Waals surface area contributed by atoms with Crippen LogP contribution >= 0.6 is 11.6 Å². The summed E-state index contributed by atoms with van der Waals surface area (Å²) in [6, 6.07) is 4.13. The van der Waals surface area contributed by atoms with E-state index in [1.54, 1.807) is 10.7 Å². The molecule has 1 fully saturated rings. The molecule has 0 bridgehead atoms. The molecule has 2 aromatic rings. The fourth-order valence-electron chi connectivity index (χ4n) is 4.05. The van der Waals surface area contributed by atoms with E-state index in [4.69, 9.17) is 11.6 Å². The quantitative estimate of drug-likeness (QED) is 0.894. The summed E-state index contributed by atoms with van der Waals surface area (Å²) in [6.45, 7) is 9.39. The molecule has 0 aromatic carbocycles. The van der Waals surface area contributed by atoms with E-state index in [2.05, 4.69) is 43.1 Å². The van der Waals surface area contributed by atoms with Crippen LogP contribution in [0.2, 0.25) is 5.02 Å². The van der Waals surface area contributed by atoms with Crippen LogP contribution in [0.5, 0.6) is 0 Å². The van der Waals surface area contributed by atoms with Crippen LogP contribution < -0.4 is 5.32 Å². The Bertz CT molecular complexity index is 643. The van der Waals surface area contributed by atoms with Gasteiger partial charge < -0.3 is 5.32 Å². The summed E-state index contributed by atoms with van der Waals surface area (Å²) in [5.41, 5.74) is 1.51. The number of hydrogen-bond donors (Lipinski definition) is 1. The summed E-state index contributed by atoms with van der Waals surface area (Å²) in [7, 11) is 0. The first-order chi connectivity index (χ1) is 9.72. The number of hydrogen-bond acceptors (Lipinski definition) is 3. The molecule has 21 heavy (non-hydrogen) atoms. The van der Waals surface area contributed by atoms with Gasteiger partial charge in [-0.3, -0.25) is 0 Å². The van der Waals surface area contributed by atoms with E-state index < -0.39 is 0 Å². The normalized spacial score (nSPS) is 21.6. The van der Waals surface area contributed by atoms with E-state index >= 15 is 0 Å². The Morgan fingerprint density at radius 2 is 1.86 bits per heavy atom. The van der Waals surface area contributed by atoms with E-state index in [1.165, 1.54) is 6.42 Å². The van der Waals surface area contributed by atoms with Crippen molar-refractivity contribution < 1.29 is 0 Å². The van der Waals surface area contributed by atoms with Gasteiger partial charge in [-0.25, -0.2) is 4.52 Å². The maximum absolute atomic E-state index is 5.99. The number of nitrogens with zero attached hydrogens (tertiary/aromatic N) is 3. The predicted octanol–water partition coefficient (Wildman–Crippen LogP) is 4.40. The van der Waals surface area contributed by atoms with Crippen LogP contribution in [-0.4, -0.2) is 20.6 Å². The molecule has 0 radical (unpaired) electrons. The molecule has 0 unspecified atom stereocenters. The van der Waals surface area contributed by atoms with Crippen molar-refractivity contribution in [2.45, 2.75) is 53.0 Å². The van der Waals surface area contributed by atoms with Crippen molar-refractivity contribution in [3.8, 4) is 0 Å². The van der Waals surface area contributed by atoms with Gasteiger partial charge in [0.1, 0.15) is 0 Å². The van der Waals surface area contributed by atoms with Crippen LogP contribution in [0, 0.1) is 10.8 Å². The van der Waals surface area contributed by atoms with Crippen molar-refractivity contribution in [3.05, 3.63) is 23.4 Å². The van der Waals surface area contributed by atoms with Gasteiger partial charge in [-0.15, -0.1) is 5.10 Å². The van der Waals surface area contributed by atoms with Gasteiger partial charge in [-0.2, -0.15) is 4.98 Å². The molecular formula is C16H23ClN4. The van der Waals surface area contributed by atoms with E-state index in [0.29, 0.717) is 27.8 Å². The molecule has 2 aromatic heterocycles. The predicted molar refractivity (Wildman–Crippen MR) is 86.8 cm³/mol. The number of rotatable bonds is 2. The minimum Gasteiger partial charge on any atom is -0.350 e. The highest BCUT2D eigenvalue weighted by Crippen LogP contribution is 2.46. The van der Waals surface area contributed by atoms with Gasteiger partial charge in [0.05, 0.1) is 5.02 Å². The topological polar surface area (TPSA) is 42.2 Å². The highest BCUT2D eigenvalue weighted by molar-refractivity contribution is 6.30. The van der Waals surface area contributed by atoms with Gasteiger partial charge in [0.15, 0.2) is 5.65 Å². The Morgan fingerprint density at radius 1 is 1.19 bits per heavy atom. The Balaban J connectivity index is 1.81. The second-order valence-corrected chi connectivity index (χ2v) is 8.28. The molecule has 1 aliphatic rings. The Kier molecular flexibility index (Phi) is 3.40. The molecule has 1 N–H and O–H groups in total. The SMILES string of the molecule is CC1(C)CC(Nc2nc3ccc(Cl)cn3n2)CC(C)(C)C1. The second-order valence-electron chi connectivity index (χ2n) is 7.84. The molecule has 1 aliphatic carbocycles. The van der Waals surface area contributed by atoms with Crippen LogP contribution in [0.15, 0.2) is 18.3 Å². The monoisotopic (exact) mass is 306 g/mol. The highest BCUT2D eigenvalue weighted by atomic mass is 35.5. The van der Waals surface area contributed by atoms with Gasteiger partial charge in [-0.05, 0) is 42.2 Å². The first-order valence-electron chi connectivity index (χ1n) is 7.51. The third kappa shape index (κ3) is 3.31. The zero-order valence-corrected chi connectivity index (χ0v) is 13.9. The minimum atomic E-state index is 0.349. The number of anilines is 1. The first kappa shape index (κ1) is 14.6. The molecule has 2 heterocycles. The summed E-state index contributed by atoms with van der Waals surface area (Å²) >= 11 is 5.99. The van der Waals surface area contributed by atoms with Crippen LogP contribution in [0.4, 0.5) is 5.95 Å². The highest BCUT2D eigenvalue weighted by Gasteiger charge is 2.38. The van der Waals surface area contributed by atoms with Crippen molar-refractivity contribution in [1.82, 2.24) is 14.6 Å².